The summed E-state index contributed by atoms with van der Waals surface area (Å²) in [5, 5.41) is 13.7. The Morgan fingerprint density at radius 1 is 1.50 bits per heavy atom. The second kappa shape index (κ2) is 5.68. The van der Waals surface area contributed by atoms with Crippen LogP contribution in [-0.4, -0.2) is 14.5 Å². The number of nitro benzene ring substituents is 1. The number of benzene rings is 1. The summed E-state index contributed by atoms with van der Waals surface area (Å²) < 4.78 is 15.2. The van der Waals surface area contributed by atoms with Crippen LogP contribution in [0.4, 0.5) is 15.8 Å². The highest BCUT2D eigenvalue weighted by Crippen LogP contribution is 2.22. The number of nitro groups is 1. The van der Waals surface area contributed by atoms with Crippen LogP contribution >= 0.6 is 0 Å². The Kier molecular flexibility index (Phi) is 3.97. The van der Waals surface area contributed by atoms with Crippen molar-refractivity contribution in [1.29, 1.82) is 0 Å². The molecule has 2 aromatic rings. The fraction of sp³-hybridized carbons (Fsp3) is 0.308. The monoisotopic (exact) mass is 278 g/mol. The highest BCUT2D eigenvalue weighted by molar-refractivity contribution is 5.51. The van der Waals surface area contributed by atoms with Crippen molar-refractivity contribution < 1.29 is 9.31 Å². The lowest BCUT2D eigenvalue weighted by Crippen LogP contribution is -2.09. The maximum Gasteiger partial charge on any atom is 0.306 e. The molecule has 1 aromatic carbocycles. The van der Waals surface area contributed by atoms with Gasteiger partial charge in [-0.1, -0.05) is 0 Å². The van der Waals surface area contributed by atoms with Gasteiger partial charge in [0.1, 0.15) is 0 Å². The summed E-state index contributed by atoms with van der Waals surface area (Å²) in [4.78, 5) is 14.0. The second-order valence-electron chi connectivity index (χ2n) is 4.66. The van der Waals surface area contributed by atoms with Gasteiger partial charge in [0.05, 0.1) is 23.5 Å². The van der Waals surface area contributed by atoms with Crippen LogP contribution in [0, 0.1) is 15.9 Å². The molecule has 0 spiro atoms. The third-order valence-corrected chi connectivity index (χ3v) is 2.92. The molecule has 0 amide bonds. The average molecular weight is 278 g/mol. The zero-order valence-corrected chi connectivity index (χ0v) is 11.2. The highest BCUT2D eigenvalue weighted by Gasteiger charge is 2.14. The third kappa shape index (κ3) is 2.93. The van der Waals surface area contributed by atoms with Gasteiger partial charge < -0.3 is 9.88 Å². The van der Waals surface area contributed by atoms with Crippen molar-refractivity contribution >= 4 is 11.4 Å². The summed E-state index contributed by atoms with van der Waals surface area (Å²) in [6, 6.07) is 4.01. The quantitative estimate of drug-likeness (QED) is 0.673. The molecule has 0 saturated heterocycles. The van der Waals surface area contributed by atoms with Gasteiger partial charge in [-0.2, -0.15) is 4.39 Å². The number of aromatic nitrogens is 2. The molecule has 0 bridgehead atoms. The molecule has 1 N–H and O–H groups in total. The summed E-state index contributed by atoms with van der Waals surface area (Å²) in [5.41, 5.74) is 0.911. The Hall–Kier alpha value is -2.44. The van der Waals surface area contributed by atoms with Gasteiger partial charge in [0, 0.05) is 24.0 Å². The number of rotatable bonds is 5. The fourth-order valence-electron chi connectivity index (χ4n) is 1.89. The Balaban J connectivity index is 2.13. The van der Waals surface area contributed by atoms with E-state index < -0.39 is 16.4 Å². The lowest BCUT2D eigenvalue weighted by molar-refractivity contribution is -0.387. The van der Waals surface area contributed by atoms with Crippen LogP contribution in [0.1, 0.15) is 25.6 Å². The molecule has 0 atom stereocenters. The molecule has 0 fully saturated rings. The van der Waals surface area contributed by atoms with Crippen molar-refractivity contribution in [2.75, 3.05) is 5.32 Å². The number of imidazole rings is 1. The van der Waals surface area contributed by atoms with Crippen LogP contribution in [0.25, 0.3) is 0 Å². The van der Waals surface area contributed by atoms with Gasteiger partial charge in [-0.05, 0) is 26.0 Å². The molecule has 0 aliphatic carbocycles. The standard InChI is InChI=1S/C13H15FN4O2/c1-9(2)17-8-15-6-11(17)7-16-10-3-4-12(14)13(5-10)18(19)20/h3-6,8-9,16H,7H2,1-2H3. The summed E-state index contributed by atoms with van der Waals surface area (Å²) in [6.07, 6.45) is 3.46. The van der Waals surface area contributed by atoms with Gasteiger partial charge in [0.2, 0.25) is 5.82 Å². The second-order valence-corrected chi connectivity index (χ2v) is 4.66. The summed E-state index contributed by atoms with van der Waals surface area (Å²) in [5.74, 6) is -0.840. The molecule has 0 saturated carbocycles. The molecule has 2 rings (SSSR count). The van der Waals surface area contributed by atoms with Gasteiger partial charge in [-0.25, -0.2) is 4.98 Å². The minimum atomic E-state index is -0.840. The minimum absolute atomic E-state index is 0.275. The van der Waals surface area contributed by atoms with Crippen molar-refractivity contribution in [2.45, 2.75) is 26.4 Å². The molecule has 1 heterocycles. The Bertz CT molecular complexity index is 625. The van der Waals surface area contributed by atoms with Crippen LogP contribution in [0.2, 0.25) is 0 Å². The van der Waals surface area contributed by atoms with Crippen molar-refractivity contribution in [3.05, 3.63) is 52.3 Å². The van der Waals surface area contributed by atoms with Crippen molar-refractivity contribution in [3.63, 3.8) is 0 Å². The summed E-state index contributed by atoms with van der Waals surface area (Å²) in [7, 11) is 0. The first-order valence-corrected chi connectivity index (χ1v) is 6.17. The van der Waals surface area contributed by atoms with Gasteiger partial charge >= 0.3 is 5.69 Å². The van der Waals surface area contributed by atoms with Crippen molar-refractivity contribution in [1.82, 2.24) is 9.55 Å². The van der Waals surface area contributed by atoms with Gasteiger partial charge in [0.25, 0.3) is 0 Å². The third-order valence-electron chi connectivity index (χ3n) is 2.92. The molecule has 20 heavy (non-hydrogen) atoms. The number of hydrogen-bond acceptors (Lipinski definition) is 4. The highest BCUT2D eigenvalue weighted by atomic mass is 19.1. The van der Waals surface area contributed by atoms with E-state index in [1.54, 1.807) is 12.5 Å². The van der Waals surface area contributed by atoms with E-state index in [1.807, 2.05) is 18.4 Å². The zero-order valence-electron chi connectivity index (χ0n) is 11.2. The van der Waals surface area contributed by atoms with Crippen LogP contribution in [0.3, 0.4) is 0 Å². The molecule has 1 aromatic heterocycles. The molecule has 106 valence electrons. The SMILES string of the molecule is CC(C)n1cncc1CNc1ccc(F)c([N+](=O)[O-])c1. The van der Waals surface area contributed by atoms with E-state index in [9.17, 15) is 14.5 Å². The molecular formula is C13H15FN4O2. The van der Waals surface area contributed by atoms with Gasteiger partial charge in [0.15, 0.2) is 0 Å². The maximum atomic E-state index is 13.2. The molecule has 0 aliphatic rings. The molecule has 0 radical (unpaired) electrons. The van der Waals surface area contributed by atoms with Crippen LogP contribution in [0.15, 0.2) is 30.7 Å². The zero-order chi connectivity index (χ0) is 14.7. The van der Waals surface area contributed by atoms with E-state index in [0.717, 1.165) is 11.8 Å². The predicted octanol–water partition coefficient (Wildman–Crippen LogP) is 3.12. The van der Waals surface area contributed by atoms with E-state index >= 15 is 0 Å². The van der Waals surface area contributed by atoms with Crippen LogP contribution in [-0.2, 0) is 6.54 Å². The largest absolute Gasteiger partial charge is 0.379 e. The van der Waals surface area contributed by atoms with Crippen molar-refractivity contribution in [3.8, 4) is 0 Å². The fourth-order valence-corrected chi connectivity index (χ4v) is 1.89. The van der Waals surface area contributed by atoms with E-state index in [2.05, 4.69) is 10.3 Å². The number of nitrogens with one attached hydrogen (secondary N) is 1. The van der Waals surface area contributed by atoms with Gasteiger partial charge in [-0.3, -0.25) is 10.1 Å². The van der Waals surface area contributed by atoms with Crippen molar-refractivity contribution in [2.24, 2.45) is 0 Å². The molecule has 6 nitrogen and oxygen atoms in total. The molecule has 7 heteroatoms. The normalized spacial score (nSPS) is 10.8. The van der Waals surface area contributed by atoms with Gasteiger partial charge in [-0.15, -0.1) is 0 Å². The van der Waals surface area contributed by atoms with E-state index in [1.165, 1.54) is 12.1 Å². The Labute approximate surface area is 115 Å². The Morgan fingerprint density at radius 2 is 2.25 bits per heavy atom. The number of hydrogen-bond donors (Lipinski definition) is 1. The van der Waals surface area contributed by atoms with E-state index in [0.29, 0.717) is 12.2 Å². The Morgan fingerprint density at radius 3 is 2.90 bits per heavy atom. The number of anilines is 1. The smallest absolute Gasteiger partial charge is 0.306 e. The number of halogens is 1. The maximum absolute atomic E-state index is 13.2. The molecule has 0 aliphatic heterocycles. The first-order chi connectivity index (χ1) is 9.49. The lowest BCUT2D eigenvalue weighted by Gasteiger charge is -2.12. The predicted molar refractivity (Wildman–Crippen MR) is 73.0 cm³/mol. The first kappa shape index (κ1) is 14.0. The van der Waals surface area contributed by atoms with Crippen LogP contribution < -0.4 is 5.32 Å². The average Bonchev–Trinajstić information content (AvgIpc) is 2.86. The van der Waals surface area contributed by atoms with E-state index in [4.69, 9.17) is 0 Å². The summed E-state index contributed by atoms with van der Waals surface area (Å²) >= 11 is 0. The van der Waals surface area contributed by atoms with Crippen LogP contribution in [0.5, 0.6) is 0 Å². The van der Waals surface area contributed by atoms with E-state index in [-0.39, 0.29) is 6.04 Å². The topological polar surface area (TPSA) is 73.0 Å². The molecule has 0 unspecified atom stereocenters. The summed E-state index contributed by atoms with van der Waals surface area (Å²) in [6.45, 7) is 4.53. The number of nitrogens with zero attached hydrogens (tertiary/aromatic N) is 3. The first-order valence-electron chi connectivity index (χ1n) is 6.17. The molecular weight excluding hydrogens is 263 g/mol. The lowest BCUT2D eigenvalue weighted by atomic mass is 10.2. The minimum Gasteiger partial charge on any atom is -0.379 e.